The van der Waals surface area contributed by atoms with Crippen LogP contribution in [0.25, 0.3) is 0 Å². The van der Waals surface area contributed by atoms with E-state index in [1.165, 1.54) is 86.5 Å². The topological polar surface area (TPSA) is 20.2 Å². The number of rotatable bonds is 13. The van der Waals surface area contributed by atoms with E-state index in [9.17, 15) is 0 Å². The van der Waals surface area contributed by atoms with Crippen LogP contribution < -0.4 is 0 Å². The van der Waals surface area contributed by atoms with Gasteiger partial charge in [-0.2, -0.15) is 0 Å². The molecule has 0 aromatic heterocycles. The van der Waals surface area contributed by atoms with Crippen molar-refractivity contribution in [3.8, 4) is 0 Å². The molecule has 1 aliphatic carbocycles. The Morgan fingerprint density at radius 3 is 1.71 bits per heavy atom. The number of hydrogen-bond donors (Lipinski definition) is 1. The molecule has 0 spiro atoms. The molecule has 0 bridgehead atoms. The van der Waals surface area contributed by atoms with Gasteiger partial charge in [-0.1, -0.05) is 77.3 Å². The van der Waals surface area contributed by atoms with Crippen LogP contribution in [0.2, 0.25) is 0 Å². The van der Waals surface area contributed by atoms with Gasteiger partial charge in [0.25, 0.3) is 0 Å². The zero-order valence-corrected chi connectivity index (χ0v) is 24.2. The average Bonchev–Trinajstić information content (AvgIpc) is 2.81. The van der Waals surface area contributed by atoms with Crippen LogP contribution in [0.1, 0.15) is 132 Å². The van der Waals surface area contributed by atoms with Crippen LogP contribution in [0.15, 0.2) is 70.4 Å². The molecule has 1 rings (SSSR count). The standard InChI is InChI=1S/C17H28.C15H26.CH4O/c1-15(2)9-7-10-16(3)11-8-14-17-12-5-4-6-13-17;1-6-14(4)10-8-12-15(5)11-7-9-13(2)3;1-2/h9,11-12H,4-8,10,13-14H2,1-3H3;9,12H,4,6-8,10-11H2,1-3,5H3;2H,1H3/b16-11+;15-12+;. The molecule has 196 valence electrons. The molecule has 0 atom stereocenters. The van der Waals surface area contributed by atoms with Crippen LogP contribution in [-0.2, 0) is 0 Å². The Balaban J connectivity index is 0. The Labute approximate surface area is 214 Å². The highest BCUT2D eigenvalue weighted by Crippen LogP contribution is 2.22. The number of hydrogen-bond acceptors (Lipinski definition) is 1. The van der Waals surface area contributed by atoms with Crippen molar-refractivity contribution in [3.05, 3.63) is 70.4 Å². The van der Waals surface area contributed by atoms with E-state index in [1.807, 2.05) is 0 Å². The third kappa shape index (κ3) is 25.0. The normalized spacial score (nSPS) is 13.5. The highest BCUT2D eigenvalue weighted by atomic mass is 16.2. The van der Waals surface area contributed by atoms with Crippen LogP contribution in [0, 0.1) is 0 Å². The number of aliphatic hydroxyl groups excluding tert-OH is 1. The summed E-state index contributed by atoms with van der Waals surface area (Å²) >= 11 is 0. The zero-order valence-electron chi connectivity index (χ0n) is 24.2. The molecule has 0 fully saturated rings. The molecular weight excluding hydrogens is 412 g/mol. The minimum atomic E-state index is 1.00. The zero-order chi connectivity index (χ0) is 26.2. The summed E-state index contributed by atoms with van der Waals surface area (Å²) in [5.41, 5.74) is 8.98. The average molecular weight is 471 g/mol. The summed E-state index contributed by atoms with van der Waals surface area (Å²) in [6, 6.07) is 0. The molecule has 1 N–H and O–H groups in total. The SMILES string of the molecule is C=C(CC)CC/C=C(\C)CCC=C(C)C.CC(C)=CCC/C(C)=C/CCC1=CCCCC1.CO. The van der Waals surface area contributed by atoms with Crippen molar-refractivity contribution in [1.29, 1.82) is 0 Å². The van der Waals surface area contributed by atoms with E-state index in [-0.39, 0.29) is 0 Å². The molecule has 1 heteroatoms. The number of aliphatic hydroxyl groups is 1. The Hall–Kier alpha value is -1.60. The van der Waals surface area contributed by atoms with E-state index in [4.69, 9.17) is 5.11 Å². The van der Waals surface area contributed by atoms with Gasteiger partial charge < -0.3 is 5.11 Å². The predicted octanol–water partition coefficient (Wildman–Crippen LogP) is 11.0. The summed E-state index contributed by atoms with van der Waals surface area (Å²) in [5.74, 6) is 0. The van der Waals surface area contributed by atoms with Crippen LogP contribution in [0.4, 0.5) is 0 Å². The first-order valence-corrected chi connectivity index (χ1v) is 13.6. The second-order valence-electron chi connectivity index (χ2n) is 10.0. The highest BCUT2D eigenvalue weighted by molar-refractivity contribution is 5.08. The van der Waals surface area contributed by atoms with Gasteiger partial charge in [-0.15, -0.1) is 0 Å². The minimum absolute atomic E-state index is 1.00. The maximum Gasteiger partial charge on any atom is 0.0319 e. The van der Waals surface area contributed by atoms with Gasteiger partial charge >= 0.3 is 0 Å². The first kappa shape index (κ1) is 34.6. The molecule has 0 aromatic carbocycles. The molecule has 34 heavy (non-hydrogen) atoms. The van der Waals surface area contributed by atoms with E-state index in [0.717, 1.165) is 26.4 Å². The lowest BCUT2D eigenvalue weighted by molar-refractivity contribution is 0.399. The van der Waals surface area contributed by atoms with Crippen molar-refractivity contribution in [3.63, 3.8) is 0 Å². The highest BCUT2D eigenvalue weighted by Gasteiger charge is 2.02. The van der Waals surface area contributed by atoms with E-state index in [0.29, 0.717) is 0 Å². The van der Waals surface area contributed by atoms with E-state index < -0.39 is 0 Å². The Bertz CT molecular complexity index is 659. The molecule has 0 radical (unpaired) electrons. The fraction of sp³-hybridized carbons (Fsp3) is 0.636. The molecule has 0 saturated carbocycles. The Morgan fingerprint density at radius 1 is 0.765 bits per heavy atom. The predicted molar refractivity (Wildman–Crippen MR) is 157 cm³/mol. The smallest absolute Gasteiger partial charge is 0.0319 e. The number of allylic oxidation sites excluding steroid dienone is 11. The molecule has 0 amide bonds. The van der Waals surface area contributed by atoms with Gasteiger partial charge in [-0.05, 0) is 125 Å². The van der Waals surface area contributed by atoms with Gasteiger partial charge in [0.2, 0.25) is 0 Å². The fourth-order valence-corrected chi connectivity index (χ4v) is 3.72. The molecule has 0 aromatic rings. The summed E-state index contributed by atoms with van der Waals surface area (Å²) in [6.07, 6.45) is 28.2. The second-order valence-corrected chi connectivity index (χ2v) is 10.0. The lowest BCUT2D eigenvalue weighted by Gasteiger charge is -2.11. The third-order valence-corrected chi connectivity index (χ3v) is 6.02. The van der Waals surface area contributed by atoms with Crippen LogP contribution in [0.5, 0.6) is 0 Å². The lowest BCUT2D eigenvalue weighted by Crippen LogP contribution is -1.91. The summed E-state index contributed by atoms with van der Waals surface area (Å²) in [7, 11) is 1.00. The maximum absolute atomic E-state index is 7.00. The van der Waals surface area contributed by atoms with Crippen molar-refractivity contribution in [2.75, 3.05) is 7.11 Å². The van der Waals surface area contributed by atoms with Crippen molar-refractivity contribution in [2.45, 2.75) is 132 Å². The molecule has 0 unspecified atom stereocenters. The first-order valence-electron chi connectivity index (χ1n) is 13.6. The molecule has 1 nitrogen and oxygen atoms in total. The van der Waals surface area contributed by atoms with Gasteiger partial charge in [0.15, 0.2) is 0 Å². The third-order valence-electron chi connectivity index (χ3n) is 6.02. The molecule has 0 saturated heterocycles. The van der Waals surface area contributed by atoms with Gasteiger partial charge in [-0.3, -0.25) is 0 Å². The molecule has 1 aliphatic rings. The summed E-state index contributed by atoms with van der Waals surface area (Å²) in [5, 5.41) is 7.00. The summed E-state index contributed by atoms with van der Waals surface area (Å²) in [6.45, 7) is 19.4. The van der Waals surface area contributed by atoms with Crippen molar-refractivity contribution in [1.82, 2.24) is 0 Å². The van der Waals surface area contributed by atoms with Crippen molar-refractivity contribution < 1.29 is 5.11 Å². The first-order chi connectivity index (χ1) is 16.2. The van der Waals surface area contributed by atoms with Gasteiger partial charge in [-0.25, -0.2) is 0 Å². The maximum atomic E-state index is 7.00. The van der Waals surface area contributed by atoms with E-state index in [1.54, 1.807) is 11.1 Å². The van der Waals surface area contributed by atoms with Gasteiger partial charge in [0.05, 0.1) is 0 Å². The van der Waals surface area contributed by atoms with Crippen LogP contribution >= 0.6 is 0 Å². The Kier molecular flexibility index (Phi) is 24.9. The second kappa shape index (κ2) is 24.5. The molecule has 0 heterocycles. The van der Waals surface area contributed by atoms with Crippen molar-refractivity contribution >= 4 is 0 Å². The van der Waals surface area contributed by atoms with E-state index in [2.05, 4.69) is 85.4 Å². The fourth-order valence-electron chi connectivity index (χ4n) is 3.72. The molecular formula is C33H58O. The van der Waals surface area contributed by atoms with E-state index >= 15 is 0 Å². The quantitative estimate of drug-likeness (QED) is 0.265. The van der Waals surface area contributed by atoms with Gasteiger partial charge in [0, 0.05) is 7.11 Å². The lowest BCUT2D eigenvalue weighted by atomic mass is 9.95. The van der Waals surface area contributed by atoms with Crippen LogP contribution in [0.3, 0.4) is 0 Å². The van der Waals surface area contributed by atoms with Crippen molar-refractivity contribution in [2.24, 2.45) is 0 Å². The summed E-state index contributed by atoms with van der Waals surface area (Å²) in [4.78, 5) is 0. The van der Waals surface area contributed by atoms with Crippen LogP contribution in [-0.4, -0.2) is 12.2 Å². The monoisotopic (exact) mass is 470 g/mol. The molecule has 0 aliphatic heterocycles. The summed E-state index contributed by atoms with van der Waals surface area (Å²) < 4.78 is 0. The van der Waals surface area contributed by atoms with Gasteiger partial charge in [0.1, 0.15) is 0 Å². The largest absolute Gasteiger partial charge is 0.400 e. The Morgan fingerprint density at radius 2 is 1.26 bits per heavy atom. The minimum Gasteiger partial charge on any atom is -0.400 e.